The number of hydrogen-bond donors (Lipinski definition) is 2. The molecule has 1 aromatic rings. The molecular weight excluding hydrogens is 260 g/mol. The number of amides is 1. The van der Waals surface area contributed by atoms with E-state index in [2.05, 4.69) is 5.32 Å². The maximum Gasteiger partial charge on any atom is 0.273 e. The monoisotopic (exact) mass is 278 g/mol. The number of para-hydroxylation sites is 1. The van der Waals surface area contributed by atoms with Crippen LogP contribution in [0.5, 0.6) is 0 Å². The van der Waals surface area contributed by atoms with Crippen LogP contribution in [0.3, 0.4) is 0 Å². The maximum absolute atomic E-state index is 12.1. The van der Waals surface area contributed by atoms with Crippen molar-refractivity contribution in [2.75, 3.05) is 6.61 Å². The molecule has 108 valence electrons. The molecule has 6 heteroatoms. The Morgan fingerprint density at radius 1 is 1.35 bits per heavy atom. The molecule has 0 saturated heterocycles. The normalized spacial score (nSPS) is 16.9. The van der Waals surface area contributed by atoms with Crippen LogP contribution in [0.15, 0.2) is 24.3 Å². The number of aliphatic hydroxyl groups is 1. The van der Waals surface area contributed by atoms with Gasteiger partial charge < -0.3 is 10.4 Å². The lowest BCUT2D eigenvalue weighted by molar-refractivity contribution is -0.385. The van der Waals surface area contributed by atoms with E-state index in [1.165, 1.54) is 6.07 Å². The Morgan fingerprint density at radius 3 is 2.60 bits per heavy atom. The third-order valence-electron chi connectivity index (χ3n) is 3.81. The number of aliphatic hydroxyl groups excluding tert-OH is 1. The summed E-state index contributed by atoms with van der Waals surface area (Å²) in [4.78, 5) is 22.5. The lowest BCUT2D eigenvalue weighted by Crippen LogP contribution is -2.49. The molecule has 0 unspecified atom stereocenters. The van der Waals surface area contributed by atoms with E-state index in [1.807, 2.05) is 0 Å². The van der Waals surface area contributed by atoms with Gasteiger partial charge in [0, 0.05) is 11.6 Å². The van der Waals surface area contributed by atoms with E-state index in [9.17, 15) is 20.0 Å². The van der Waals surface area contributed by atoms with Crippen molar-refractivity contribution in [1.82, 2.24) is 5.32 Å². The lowest BCUT2D eigenvalue weighted by atomic mass is 9.98. The Labute approximate surface area is 117 Å². The van der Waals surface area contributed by atoms with Gasteiger partial charge in [0.15, 0.2) is 0 Å². The zero-order valence-corrected chi connectivity index (χ0v) is 11.2. The summed E-state index contributed by atoms with van der Waals surface area (Å²) in [5.74, 6) is -0.282. The summed E-state index contributed by atoms with van der Waals surface area (Å²) < 4.78 is 0. The van der Waals surface area contributed by atoms with Gasteiger partial charge in [-0.3, -0.25) is 14.9 Å². The molecule has 6 nitrogen and oxygen atoms in total. The highest BCUT2D eigenvalue weighted by Gasteiger charge is 2.34. The summed E-state index contributed by atoms with van der Waals surface area (Å²) in [6.07, 6.45) is 3.43. The number of nitrogens with zero attached hydrogens (tertiary/aromatic N) is 1. The van der Waals surface area contributed by atoms with Crippen molar-refractivity contribution in [3.63, 3.8) is 0 Å². The molecule has 0 heterocycles. The molecule has 1 amide bonds. The standard InChI is InChI=1S/C14H18N2O4/c17-10-14(7-3-4-8-14)15-13(18)9-11-5-1-2-6-12(11)16(19)20/h1-2,5-6,17H,3-4,7-10H2,(H,15,18). The average Bonchev–Trinajstić information content (AvgIpc) is 2.88. The molecule has 2 N–H and O–H groups in total. The Kier molecular flexibility index (Phi) is 4.34. The van der Waals surface area contributed by atoms with E-state index in [0.29, 0.717) is 5.56 Å². The van der Waals surface area contributed by atoms with Crippen LogP contribution in [0.1, 0.15) is 31.2 Å². The van der Waals surface area contributed by atoms with Gasteiger partial charge in [0.05, 0.1) is 23.5 Å². The van der Waals surface area contributed by atoms with Crippen molar-refractivity contribution in [2.45, 2.75) is 37.6 Å². The van der Waals surface area contributed by atoms with Crippen LogP contribution in [0.25, 0.3) is 0 Å². The van der Waals surface area contributed by atoms with Crippen molar-refractivity contribution >= 4 is 11.6 Å². The number of carbonyl (C=O) groups excluding carboxylic acids is 1. The molecule has 1 aliphatic rings. The first-order valence-corrected chi connectivity index (χ1v) is 6.70. The second kappa shape index (κ2) is 6.00. The van der Waals surface area contributed by atoms with E-state index in [4.69, 9.17) is 0 Å². The summed E-state index contributed by atoms with van der Waals surface area (Å²) in [7, 11) is 0. The molecule has 0 atom stereocenters. The molecule has 0 spiro atoms. The fraction of sp³-hybridized carbons (Fsp3) is 0.500. The smallest absolute Gasteiger partial charge is 0.273 e. The van der Waals surface area contributed by atoms with Gasteiger partial charge in [0.25, 0.3) is 5.69 Å². The van der Waals surface area contributed by atoms with Crippen molar-refractivity contribution in [1.29, 1.82) is 0 Å². The van der Waals surface area contributed by atoms with Gasteiger partial charge in [-0.15, -0.1) is 0 Å². The highest BCUT2D eigenvalue weighted by Crippen LogP contribution is 2.29. The van der Waals surface area contributed by atoms with Gasteiger partial charge >= 0.3 is 0 Å². The molecule has 1 aliphatic carbocycles. The first-order valence-electron chi connectivity index (χ1n) is 6.70. The minimum atomic E-state index is -0.541. The van der Waals surface area contributed by atoms with E-state index in [0.717, 1.165) is 25.7 Å². The summed E-state index contributed by atoms with van der Waals surface area (Å²) >= 11 is 0. The number of nitro groups is 1. The molecule has 0 radical (unpaired) electrons. The van der Waals surface area contributed by atoms with Gasteiger partial charge in [0.2, 0.25) is 5.91 Å². The van der Waals surface area contributed by atoms with Crippen LogP contribution in [0.2, 0.25) is 0 Å². The van der Waals surface area contributed by atoms with Gasteiger partial charge in [-0.25, -0.2) is 0 Å². The topological polar surface area (TPSA) is 92.5 Å². The van der Waals surface area contributed by atoms with Crippen LogP contribution < -0.4 is 5.32 Å². The van der Waals surface area contributed by atoms with Crippen LogP contribution in [0, 0.1) is 10.1 Å². The lowest BCUT2D eigenvalue weighted by Gasteiger charge is -2.27. The molecule has 1 aromatic carbocycles. The van der Waals surface area contributed by atoms with Crippen LogP contribution in [0.4, 0.5) is 5.69 Å². The number of hydrogen-bond acceptors (Lipinski definition) is 4. The summed E-state index contributed by atoms with van der Waals surface area (Å²) in [6, 6.07) is 6.22. The first-order chi connectivity index (χ1) is 9.56. The fourth-order valence-corrected chi connectivity index (χ4v) is 2.73. The average molecular weight is 278 g/mol. The molecule has 0 bridgehead atoms. The number of carbonyl (C=O) groups is 1. The molecule has 1 fully saturated rings. The minimum Gasteiger partial charge on any atom is -0.394 e. The molecular formula is C14H18N2O4. The molecule has 1 saturated carbocycles. The number of rotatable bonds is 5. The van der Waals surface area contributed by atoms with Crippen LogP contribution >= 0.6 is 0 Å². The molecule has 20 heavy (non-hydrogen) atoms. The second-order valence-electron chi connectivity index (χ2n) is 5.26. The number of benzene rings is 1. The SMILES string of the molecule is O=C(Cc1ccccc1[N+](=O)[O-])NC1(CO)CCCC1. The van der Waals surface area contributed by atoms with Crippen molar-refractivity contribution in [3.8, 4) is 0 Å². The van der Waals surface area contributed by atoms with E-state index in [-0.39, 0.29) is 24.6 Å². The van der Waals surface area contributed by atoms with E-state index in [1.54, 1.807) is 18.2 Å². The van der Waals surface area contributed by atoms with Gasteiger partial charge in [-0.2, -0.15) is 0 Å². The van der Waals surface area contributed by atoms with Gasteiger partial charge in [0.1, 0.15) is 0 Å². The minimum absolute atomic E-state index is 0.0428. The predicted octanol–water partition coefficient (Wildman–Crippen LogP) is 1.56. The Bertz CT molecular complexity index is 510. The van der Waals surface area contributed by atoms with Gasteiger partial charge in [-0.05, 0) is 12.8 Å². The zero-order valence-electron chi connectivity index (χ0n) is 11.2. The molecule has 0 aliphatic heterocycles. The Balaban J connectivity index is 2.07. The van der Waals surface area contributed by atoms with E-state index >= 15 is 0 Å². The summed E-state index contributed by atoms with van der Waals surface area (Å²) in [5.41, 5.74) is -0.200. The predicted molar refractivity (Wildman–Crippen MR) is 73.2 cm³/mol. The first kappa shape index (κ1) is 14.5. The molecule has 0 aromatic heterocycles. The van der Waals surface area contributed by atoms with Gasteiger partial charge in [-0.1, -0.05) is 31.0 Å². The largest absolute Gasteiger partial charge is 0.394 e. The maximum atomic E-state index is 12.1. The van der Waals surface area contributed by atoms with E-state index < -0.39 is 10.5 Å². The summed E-state index contributed by atoms with van der Waals surface area (Å²) in [5, 5.41) is 23.2. The van der Waals surface area contributed by atoms with Crippen molar-refractivity contribution in [2.24, 2.45) is 0 Å². The zero-order chi connectivity index (χ0) is 14.6. The Hall–Kier alpha value is -1.95. The van der Waals surface area contributed by atoms with Crippen molar-refractivity contribution in [3.05, 3.63) is 39.9 Å². The Morgan fingerprint density at radius 2 is 2.00 bits per heavy atom. The van der Waals surface area contributed by atoms with Crippen molar-refractivity contribution < 1.29 is 14.8 Å². The quantitative estimate of drug-likeness (QED) is 0.631. The highest BCUT2D eigenvalue weighted by molar-refractivity contribution is 5.80. The third kappa shape index (κ3) is 3.14. The highest BCUT2D eigenvalue weighted by atomic mass is 16.6. The van der Waals surface area contributed by atoms with Crippen LogP contribution in [-0.2, 0) is 11.2 Å². The fourth-order valence-electron chi connectivity index (χ4n) is 2.73. The summed E-state index contributed by atoms with van der Waals surface area (Å²) in [6.45, 7) is -0.0877. The second-order valence-corrected chi connectivity index (χ2v) is 5.26. The number of nitro benzene ring substituents is 1. The molecule has 2 rings (SSSR count). The van der Waals surface area contributed by atoms with Crippen LogP contribution in [-0.4, -0.2) is 28.1 Å². The third-order valence-corrected chi connectivity index (χ3v) is 3.81. The number of nitrogens with one attached hydrogen (secondary N) is 1.